The van der Waals surface area contributed by atoms with E-state index in [9.17, 15) is 9.59 Å². The molecule has 0 radical (unpaired) electrons. The highest BCUT2D eigenvalue weighted by Gasteiger charge is 2.54. The van der Waals surface area contributed by atoms with Gasteiger partial charge in [0, 0.05) is 36.7 Å². The van der Waals surface area contributed by atoms with Crippen LogP contribution in [0, 0.1) is 11.8 Å². The average molecular weight is 303 g/mol. The number of hydrogen-bond donors (Lipinski definition) is 1. The van der Waals surface area contributed by atoms with Crippen molar-refractivity contribution in [2.75, 3.05) is 26.2 Å². The Labute approximate surface area is 129 Å². The van der Waals surface area contributed by atoms with E-state index in [0.29, 0.717) is 44.1 Å². The van der Waals surface area contributed by atoms with Crippen molar-refractivity contribution in [1.29, 1.82) is 0 Å². The number of nitrogens with zero attached hydrogens (tertiary/aromatic N) is 2. The van der Waals surface area contributed by atoms with Crippen molar-refractivity contribution in [1.82, 2.24) is 15.1 Å². The first-order valence-electron chi connectivity index (χ1n) is 8.04. The molecule has 0 aromatic carbocycles. The third-order valence-electron chi connectivity index (χ3n) is 5.33. The molecule has 3 saturated heterocycles. The zero-order chi connectivity index (χ0) is 15.3. The van der Waals surface area contributed by atoms with Crippen molar-refractivity contribution in [3.05, 3.63) is 23.9 Å². The Bertz CT molecular complexity index is 571. The number of hydrogen-bond acceptors (Lipinski definition) is 4. The van der Waals surface area contributed by atoms with Gasteiger partial charge in [-0.05, 0) is 19.4 Å². The summed E-state index contributed by atoms with van der Waals surface area (Å²) >= 11 is 0. The quantitative estimate of drug-likeness (QED) is 0.775. The minimum atomic E-state index is -0.212. The molecular weight excluding hydrogens is 282 g/mol. The van der Waals surface area contributed by atoms with Gasteiger partial charge in [-0.3, -0.25) is 9.69 Å². The van der Waals surface area contributed by atoms with Gasteiger partial charge in [0.15, 0.2) is 0 Å². The summed E-state index contributed by atoms with van der Waals surface area (Å²) in [7, 11) is 0. The van der Waals surface area contributed by atoms with Crippen LogP contribution < -0.4 is 5.32 Å². The third-order valence-corrected chi connectivity index (χ3v) is 5.33. The Morgan fingerprint density at radius 3 is 3.18 bits per heavy atom. The van der Waals surface area contributed by atoms with Gasteiger partial charge in [0.25, 0.3) is 0 Å². The topological polar surface area (TPSA) is 61.9 Å². The molecule has 0 bridgehead atoms. The van der Waals surface area contributed by atoms with Crippen LogP contribution in [0.4, 0.5) is 4.79 Å². The van der Waals surface area contributed by atoms with Crippen molar-refractivity contribution in [3.8, 4) is 0 Å². The normalized spacial score (nSPS) is 36.3. The number of likely N-dealkylation sites (tertiary alicyclic amines) is 1. The molecule has 4 atom stereocenters. The monoisotopic (exact) mass is 303 g/mol. The predicted octanol–water partition coefficient (Wildman–Crippen LogP) is 0.717. The van der Waals surface area contributed by atoms with Crippen LogP contribution in [-0.2, 0) is 9.53 Å². The van der Waals surface area contributed by atoms with E-state index in [1.54, 1.807) is 0 Å². The summed E-state index contributed by atoms with van der Waals surface area (Å²) in [4.78, 5) is 28.1. The fourth-order valence-corrected chi connectivity index (χ4v) is 4.52. The maximum absolute atomic E-state index is 12.0. The van der Waals surface area contributed by atoms with E-state index in [1.807, 2.05) is 24.0 Å². The SMILES string of the molecule is CCOC(=O)N1CCC2C(C1)C1C=CC=C3NC(=O)CN2C31. The smallest absolute Gasteiger partial charge is 0.409 e. The van der Waals surface area contributed by atoms with Crippen LogP contribution >= 0.6 is 0 Å². The number of fused-ring (bicyclic) bond motifs is 3. The molecule has 1 aliphatic carbocycles. The molecule has 4 unspecified atom stereocenters. The molecule has 0 saturated carbocycles. The van der Waals surface area contributed by atoms with Crippen LogP contribution in [0.5, 0.6) is 0 Å². The zero-order valence-corrected chi connectivity index (χ0v) is 12.7. The molecule has 4 rings (SSSR count). The van der Waals surface area contributed by atoms with E-state index in [4.69, 9.17) is 4.74 Å². The number of ether oxygens (including phenoxy) is 1. The molecule has 0 spiro atoms. The van der Waals surface area contributed by atoms with Crippen LogP contribution in [0.3, 0.4) is 0 Å². The van der Waals surface area contributed by atoms with Crippen molar-refractivity contribution in [2.24, 2.45) is 11.8 Å². The number of carbonyl (C=O) groups is 2. The van der Waals surface area contributed by atoms with Gasteiger partial charge in [-0.25, -0.2) is 4.79 Å². The van der Waals surface area contributed by atoms with Gasteiger partial charge >= 0.3 is 6.09 Å². The minimum absolute atomic E-state index is 0.0741. The lowest BCUT2D eigenvalue weighted by atomic mass is 9.81. The Hall–Kier alpha value is -1.82. The van der Waals surface area contributed by atoms with Crippen molar-refractivity contribution in [3.63, 3.8) is 0 Å². The summed E-state index contributed by atoms with van der Waals surface area (Å²) in [5, 5.41) is 3.01. The average Bonchev–Trinajstić information content (AvgIpc) is 2.83. The molecule has 3 heterocycles. The highest BCUT2D eigenvalue weighted by atomic mass is 16.6. The van der Waals surface area contributed by atoms with Gasteiger partial charge in [0.1, 0.15) is 0 Å². The molecule has 6 heteroatoms. The summed E-state index contributed by atoms with van der Waals surface area (Å²) in [6.45, 7) is 4.13. The van der Waals surface area contributed by atoms with Crippen LogP contribution in [0.1, 0.15) is 13.3 Å². The molecule has 3 aliphatic heterocycles. The fourth-order valence-electron chi connectivity index (χ4n) is 4.52. The highest BCUT2D eigenvalue weighted by molar-refractivity contribution is 5.82. The van der Waals surface area contributed by atoms with E-state index >= 15 is 0 Å². The van der Waals surface area contributed by atoms with Gasteiger partial charge in [-0.2, -0.15) is 0 Å². The molecule has 2 amide bonds. The lowest BCUT2D eigenvalue weighted by Gasteiger charge is -2.39. The molecule has 6 nitrogen and oxygen atoms in total. The first-order chi connectivity index (χ1) is 10.7. The summed E-state index contributed by atoms with van der Waals surface area (Å²) in [6, 6.07) is 0.637. The van der Waals surface area contributed by atoms with Crippen molar-refractivity contribution in [2.45, 2.75) is 25.4 Å². The molecule has 3 fully saturated rings. The van der Waals surface area contributed by atoms with Crippen molar-refractivity contribution >= 4 is 12.0 Å². The number of carbonyl (C=O) groups excluding carboxylic acids is 2. The van der Waals surface area contributed by atoms with Crippen LogP contribution in [0.15, 0.2) is 23.9 Å². The predicted molar refractivity (Wildman–Crippen MR) is 79.8 cm³/mol. The fraction of sp³-hybridized carbons (Fsp3) is 0.625. The number of allylic oxidation sites excluding steroid dienone is 2. The van der Waals surface area contributed by atoms with E-state index < -0.39 is 0 Å². The Kier molecular flexibility index (Phi) is 3.22. The maximum Gasteiger partial charge on any atom is 0.409 e. The van der Waals surface area contributed by atoms with Gasteiger partial charge in [0.05, 0.1) is 19.2 Å². The number of nitrogens with one attached hydrogen (secondary N) is 1. The second-order valence-corrected chi connectivity index (χ2v) is 6.41. The van der Waals surface area contributed by atoms with Crippen LogP contribution in [0.2, 0.25) is 0 Å². The Morgan fingerprint density at radius 2 is 2.36 bits per heavy atom. The summed E-state index contributed by atoms with van der Waals surface area (Å²) in [5.74, 6) is 0.809. The van der Waals surface area contributed by atoms with E-state index in [0.717, 1.165) is 12.1 Å². The van der Waals surface area contributed by atoms with Gasteiger partial charge in [-0.1, -0.05) is 12.2 Å². The van der Waals surface area contributed by atoms with Crippen LogP contribution in [-0.4, -0.2) is 60.1 Å². The molecule has 118 valence electrons. The number of amides is 2. The largest absolute Gasteiger partial charge is 0.450 e. The Balaban J connectivity index is 1.59. The minimum Gasteiger partial charge on any atom is -0.450 e. The zero-order valence-electron chi connectivity index (χ0n) is 12.7. The summed E-state index contributed by atoms with van der Waals surface area (Å²) in [6.07, 6.45) is 6.97. The van der Waals surface area contributed by atoms with E-state index in [1.165, 1.54) is 0 Å². The molecule has 4 aliphatic rings. The number of piperidine rings is 1. The molecule has 0 aromatic heterocycles. The first-order valence-corrected chi connectivity index (χ1v) is 8.04. The highest BCUT2D eigenvalue weighted by Crippen LogP contribution is 2.45. The van der Waals surface area contributed by atoms with Gasteiger partial charge < -0.3 is 15.0 Å². The van der Waals surface area contributed by atoms with Crippen LogP contribution in [0.25, 0.3) is 0 Å². The summed E-state index contributed by atoms with van der Waals surface area (Å²) < 4.78 is 5.15. The molecule has 22 heavy (non-hydrogen) atoms. The van der Waals surface area contributed by atoms with Gasteiger partial charge in [-0.15, -0.1) is 0 Å². The number of rotatable bonds is 1. The second-order valence-electron chi connectivity index (χ2n) is 6.41. The van der Waals surface area contributed by atoms with Crippen molar-refractivity contribution < 1.29 is 14.3 Å². The van der Waals surface area contributed by atoms with E-state index in [-0.39, 0.29) is 18.0 Å². The van der Waals surface area contributed by atoms with Gasteiger partial charge in [0.2, 0.25) is 5.91 Å². The second kappa shape index (κ2) is 5.12. The molecular formula is C16H21N3O3. The Morgan fingerprint density at radius 1 is 1.50 bits per heavy atom. The van der Waals surface area contributed by atoms with E-state index in [2.05, 4.69) is 16.3 Å². The molecule has 1 N–H and O–H groups in total. The number of piperazine rings is 1. The lowest BCUT2D eigenvalue weighted by Crippen LogP contribution is -2.55. The third kappa shape index (κ3) is 1.97. The maximum atomic E-state index is 12.0. The molecule has 0 aromatic rings. The standard InChI is InChI=1S/C16H21N3O3/c1-2-22-16(21)18-7-6-13-11(8-18)10-4-3-5-12-15(10)19(13)9-14(20)17-12/h3-5,10-11,13,15H,2,6-9H2,1H3,(H,17,20). The lowest BCUT2D eigenvalue weighted by molar-refractivity contribution is -0.124. The first kappa shape index (κ1) is 13.8. The summed E-state index contributed by atoms with van der Waals surface area (Å²) in [5.41, 5.74) is 1.01.